The Balaban J connectivity index is 1.51. The Morgan fingerprint density at radius 1 is 1.35 bits per heavy atom. The zero-order valence-electron chi connectivity index (χ0n) is 11.3. The van der Waals surface area contributed by atoms with E-state index < -0.39 is 0 Å². The van der Waals surface area contributed by atoms with Gasteiger partial charge in [-0.05, 0) is 49.6 Å². The largest absolute Gasteiger partial charge is 0.484 e. The molecule has 1 N–H and O–H groups in total. The van der Waals surface area contributed by atoms with Gasteiger partial charge in [-0.3, -0.25) is 4.79 Å². The summed E-state index contributed by atoms with van der Waals surface area (Å²) in [6.45, 7) is 2.85. The van der Waals surface area contributed by atoms with Gasteiger partial charge in [-0.2, -0.15) is 0 Å². The number of hydrogen-bond acceptors (Lipinski definition) is 3. The maximum atomic E-state index is 12.2. The molecule has 1 amide bonds. The molecular weight excluding hydrogens is 276 g/mol. The molecule has 5 heteroatoms. The Bertz CT molecular complexity index is 463. The second-order valence-corrected chi connectivity index (χ2v) is 5.94. The Kier molecular flexibility index (Phi) is 4.13. The van der Waals surface area contributed by atoms with Crippen LogP contribution in [0.25, 0.3) is 0 Å². The molecule has 2 saturated heterocycles. The molecule has 2 aliphatic heterocycles. The fourth-order valence-corrected chi connectivity index (χ4v) is 3.14. The minimum atomic E-state index is 0.0659. The second-order valence-electron chi connectivity index (χ2n) is 5.50. The topological polar surface area (TPSA) is 41.6 Å². The smallest absolute Gasteiger partial charge is 0.260 e. The molecule has 0 aliphatic carbocycles. The van der Waals surface area contributed by atoms with Crippen LogP contribution < -0.4 is 10.1 Å². The number of likely N-dealkylation sites (tertiary alicyclic amines) is 1. The summed E-state index contributed by atoms with van der Waals surface area (Å²) in [4.78, 5) is 14.1. The fourth-order valence-electron chi connectivity index (χ4n) is 3.02. The number of carbonyl (C=O) groups excluding carboxylic acids is 1. The van der Waals surface area contributed by atoms with Crippen LogP contribution in [0.2, 0.25) is 5.02 Å². The number of ether oxygens (including phenoxy) is 1. The van der Waals surface area contributed by atoms with Crippen LogP contribution in [0.15, 0.2) is 24.3 Å². The highest BCUT2D eigenvalue weighted by Gasteiger charge is 2.36. The molecule has 0 spiro atoms. The van der Waals surface area contributed by atoms with Crippen LogP contribution >= 0.6 is 11.6 Å². The number of carbonyl (C=O) groups is 1. The van der Waals surface area contributed by atoms with Crippen molar-refractivity contribution in [2.75, 3.05) is 26.2 Å². The minimum absolute atomic E-state index is 0.0659. The lowest BCUT2D eigenvalue weighted by Crippen LogP contribution is -2.41. The molecule has 1 aromatic rings. The molecule has 3 rings (SSSR count). The third-order valence-corrected chi connectivity index (χ3v) is 4.38. The Hall–Kier alpha value is -1.26. The van der Waals surface area contributed by atoms with Gasteiger partial charge in [-0.1, -0.05) is 11.6 Å². The summed E-state index contributed by atoms with van der Waals surface area (Å²) in [5.41, 5.74) is 0. The lowest BCUT2D eigenvalue weighted by molar-refractivity contribution is -0.132. The van der Waals surface area contributed by atoms with E-state index in [1.807, 2.05) is 4.90 Å². The lowest BCUT2D eigenvalue weighted by Gasteiger charge is -2.24. The number of fused-ring (bicyclic) bond motifs is 1. The van der Waals surface area contributed by atoms with Gasteiger partial charge in [-0.15, -0.1) is 0 Å². The van der Waals surface area contributed by atoms with E-state index in [0.29, 0.717) is 22.7 Å². The van der Waals surface area contributed by atoms with E-state index in [9.17, 15) is 4.79 Å². The third kappa shape index (κ3) is 3.07. The monoisotopic (exact) mass is 294 g/mol. The van der Waals surface area contributed by atoms with E-state index in [1.54, 1.807) is 24.3 Å². The van der Waals surface area contributed by atoms with Gasteiger partial charge in [-0.25, -0.2) is 0 Å². The summed E-state index contributed by atoms with van der Waals surface area (Å²) < 4.78 is 5.52. The zero-order valence-corrected chi connectivity index (χ0v) is 12.1. The number of nitrogens with zero attached hydrogens (tertiary/aromatic N) is 1. The third-order valence-electron chi connectivity index (χ3n) is 4.13. The van der Waals surface area contributed by atoms with Crippen molar-refractivity contribution in [2.45, 2.75) is 18.9 Å². The minimum Gasteiger partial charge on any atom is -0.484 e. The molecule has 2 aliphatic rings. The van der Waals surface area contributed by atoms with Crippen molar-refractivity contribution < 1.29 is 9.53 Å². The van der Waals surface area contributed by atoms with Crippen molar-refractivity contribution in [1.82, 2.24) is 10.2 Å². The van der Waals surface area contributed by atoms with Gasteiger partial charge in [0.15, 0.2) is 6.61 Å². The molecule has 20 heavy (non-hydrogen) atoms. The number of piperidine rings is 1. The van der Waals surface area contributed by atoms with Crippen molar-refractivity contribution in [3.63, 3.8) is 0 Å². The van der Waals surface area contributed by atoms with Crippen LogP contribution in [0.1, 0.15) is 12.8 Å². The van der Waals surface area contributed by atoms with E-state index in [-0.39, 0.29) is 12.5 Å². The normalized spacial score (nSPS) is 25.4. The molecule has 2 atom stereocenters. The van der Waals surface area contributed by atoms with Crippen LogP contribution in [0.3, 0.4) is 0 Å². The van der Waals surface area contributed by atoms with Crippen molar-refractivity contribution >= 4 is 17.5 Å². The van der Waals surface area contributed by atoms with Gasteiger partial charge in [0, 0.05) is 24.2 Å². The molecule has 0 aromatic heterocycles. The number of halogens is 1. The number of benzene rings is 1. The van der Waals surface area contributed by atoms with E-state index in [2.05, 4.69) is 5.32 Å². The van der Waals surface area contributed by atoms with Gasteiger partial charge < -0.3 is 15.0 Å². The molecule has 108 valence electrons. The summed E-state index contributed by atoms with van der Waals surface area (Å²) in [6, 6.07) is 7.55. The predicted molar refractivity (Wildman–Crippen MR) is 78.0 cm³/mol. The average Bonchev–Trinajstić information content (AvgIpc) is 2.90. The quantitative estimate of drug-likeness (QED) is 0.926. The molecule has 2 unspecified atom stereocenters. The Labute approximate surface area is 124 Å². The predicted octanol–water partition coefficient (Wildman–Crippen LogP) is 1.93. The molecule has 0 bridgehead atoms. The second kappa shape index (κ2) is 6.02. The summed E-state index contributed by atoms with van der Waals surface area (Å²) in [7, 11) is 0. The number of nitrogens with one attached hydrogen (secondary N) is 1. The van der Waals surface area contributed by atoms with Crippen molar-refractivity contribution in [3.8, 4) is 5.75 Å². The van der Waals surface area contributed by atoms with Crippen LogP contribution in [-0.2, 0) is 4.79 Å². The molecular formula is C15H19ClN2O2. The van der Waals surface area contributed by atoms with Crippen molar-refractivity contribution in [2.24, 2.45) is 5.92 Å². The van der Waals surface area contributed by atoms with Crippen LogP contribution in [0.4, 0.5) is 0 Å². The maximum absolute atomic E-state index is 12.2. The van der Waals surface area contributed by atoms with Gasteiger partial charge in [0.05, 0.1) is 0 Å². The molecule has 0 radical (unpaired) electrons. The number of amides is 1. The van der Waals surface area contributed by atoms with Gasteiger partial charge in [0.1, 0.15) is 5.75 Å². The molecule has 1 aromatic carbocycles. The summed E-state index contributed by atoms with van der Waals surface area (Å²) in [5, 5.41) is 4.16. The summed E-state index contributed by atoms with van der Waals surface area (Å²) in [5.74, 6) is 1.36. The summed E-state index contributed by atoms with van der Waals surface area (Å²) in [6.07, 6.45) is 2.43. The first-order valence-corrected chi connectivity index (χ1v) is 7.50. The Morgan fingerprint density at radius 2 is 2.15 bits per heavy atom. The first-order chi connectivity index (χ1) is 9.72. The lowest BCUT2D eigenvalue weighted by atomic mass is 9.94. The molecule has 2 fully saturated rings. The number of hydrogen-bond donors (Lipinski definition) is 1. The summed E-state index contributed by atoms with van der Waals surface area (Å²) >= 11 is 5.81. The van der Waals surface area contributed by atoms with Crippen molar-refractivity contribution in [3.05, 3.63) is 29.3 Å². The molecule has 0 saturated carbocycles. The highest BCUT2D eigenvalue weighted by atomic mass is 35.5. The maximum Gasteiger partial charge on any atom is 0.260 e. The molecule has 2 heterocycles. The average molecular weight is 295 g/mol. The molecule has 4 nitrogen and oxygen atoms in total. The van der Waals surface area contributed by atoms with E-state index in [0.717, 1.165) is 19.6 Å². The van der Waals surface area contributed by atoms with Gasteiger partial charge in [0.2, 0.25) is 0 Å². The van der Waals surface area contributed by atoms with Crippen molar-refractivity contribution in [1.29, 1.82) is 0 Å². The standard InChI is InChI=1S/C15H19ClN2O2/c16-12-3-5-13(6-4-12)20-10-15(19)18-8-11-2-1-7-17-14(11)9-18/h3-6,11,14,17H,1-2,7-10H2. The zero-order chi connectivity index (χ0) is 13.9. The number of rotatable bonds is 3. The van der Waals surface area contributed by atoms with E-state index in [1.165, 1.54) is 12.8 Å². The highest BCUT2D eigenvalue weighted by Crippen LogP contribution is 2.25. The first kappa shape index (κ1) is 13.7. The van der Waals surface area contributed by atoms with E-state index >= 15 is 0 Å². The van der Waals surface area contributed by atoms with E-state index in [4.69, 9.17) is 16.3 Å². The van der Waals surface area contributed by atoms with Gasteiger partial charge >= 0.3 is 0 Å². The first-order valence-electron chi connectivity index (χ1n) is 7.12. The Morgan fingerprint density at radius 3 is 2.90 bits per heavy atom. The fraction of sp³-hybridized carbons (Fsp3) is 0.533. The van der Waals surface area contributed by atoms with Gasteiger partial charge in [0.25, 0.3) is 5.91 Å². The SMILES string of the molecule is O=C(COc1ccc(Cl)cc1)N1CC2CCCNC2C1. The highest BCUT2D eigenvalue weighted by molar-refractivity contribution is 6.30. The van der Waals surface area contributed by atoms with Crippen LogP contribution in [0, 0.1) is 5.92 Å². The van der Waals surface area contributed by atoms with Crippen LogP contribution in [-0.4, -0.2) is 43.1 Å². The van der Waals surface area contributed by atoms with Crippen LogP contribution in [0.5, 0.6) is 5.75 Å².